The number of hydrogen-bond donors (Lipinski definition) is 5. The van der Waals surface area contributed by atoms with Gasteiger partial charge in [-0.1, -0.05) is 58.0 Å². The van der Waals surface area contributed by atoms with Crippen LogP contribution in [0.5, 0.6) is 0 Å². The third-order valence-electron chi connectivity index (χ3n) is 7.97. The van der Waals surface area contributed by atoms with Crippen LogP contribution >= 0.6 is 0 Å². The first-order chi connectivity index (χ1) is 22.8. The van der Waals surface area contributed by atoms with Crippen molar-refractivity contribution >= 4 is 46.9 Å². The van der Waals surface area contributed by atoms with Gasteiger partial charge in [0.15, 0.2) is 0 Å². The van der Waals surface area contributed by atoms with E-state index in [4.69, 9.17) is 5.73 Å². The van der Waals surface area contributed by atoms with Gasteiger partial charge in [0.25, 0.3) is 0 Å². The van der Waals surface area contributed by atoms with Crippen molar-refractivity contribution in [2.45, 2.75) is 84.0 Å². The Morgan fingerprint density at radius 1 is 0.854 bits per heavy atom. The number of carboxylic acid groups (broad SMARTS) is 1. The third-order valence-corrected chi connectivity index (χ3v) is 7.97. The average molecular weight is 664 g/mol. The number of nitrogens with two attached hydrogens (primary N) is 1. The second-order valence-electron chi connectivity index (χ2n) is 12.5. The van der Waals surface area contributed by atoms with E-state index in [1.165, 1.54) is 4.90 Å². The van der Waals surface area contributed by atoms with Gasteiger partial charge in [-0.2, -0.15) is 10.2 Å². The van der Waals surface area contributed by atoms with E-state index >= 15 is 0 Å². The Labute approximate surface area is 279 Å². The fraction of sp³-hybridized carbons (Fsp3) is 0.471. The van der Waals surface area contributed by atoms with Crippen molar-refractivity contribution in [2.75, 3.05) is 6.54 Å². The van der Waals surface area contributed by atoms with Gasteiger partial charge >= 0.3 is 5.97 Å². The summed E-state index contributed by atoms with van der Waals surface area (Å²) in [5.41, 5.74) is 7.17. The maximum atomic E-state index is 13.7. The molecule has 0 radical (unpaired) electrons. The molecular weight excluding hydrogens is 618 g/mol. The minimum absolute atomic E-state index is 0.0144. The van der Waals surface area contributed by atoms with Crippen molar-refractivity contribution < 1.29 is 33.9 Å². The number of rotatable bonds is 16. The molecule has 1 aliphatic rings. The summed E-state index contributed by atoms with van der Waals surface area (Å²) in [6.07, 6.45) is 0.410. The van der Waals surface area contributed by atoms with Crippen LogP contribution in [0.25, 0.3) is 0 Å². The molecule has 2 aromatic carbocycles. The molecule has 6 N–H and O–H groups in total. The summed E-state index contributed by atoms with van der Waals surface area (Å²) in [4.78, 5) is 77.5. The SMILES string of the molecule is CC(C)[C@H](NC(=O)Cc1ccc(N=Nc2ccccc2)cc1)C(=O)N[C@H](C(=O)N1CCC[C@H]1C(=O)N[C@@H](CCC(N)=O)C(=O)O)C(C)C. The molecule has 0 bridgehead atoms. The molecule has 0 saturated carbocycles. The highest BCUT2D eigenvalue weighted by atomic mass is 16.4. The van der Waals surface area contributed by atoms with E-state index in [1.807, 2.05) is 30.3 Å². The topological polar surface area (TPSA) is 213 Å². The maximum Gasteiger partial charge on any atom is 0.326 e. The zero-order valence-electron chi connectivity index (χ0n) is 27.7. The number of azo groups is 1. The molecule has 0 aliphatic carbocycles. The number of likely N-dealkylation sites (tertiary alicyclic amines) is 1. The summed E-state index contributed by atoms with van der Waals surface area (Å²) in [6, 6.07) is 12.1. The van der Waals surface area contributed by atoms with Crippen LogP contribution in [-0.2, 0) is 35.2 Å². The molecule has 0 unspecified atom stereocenters. The summed E-state index contributed by atoms with van der Waals surface area (Å²) in [5, 5.41) is 25.9. The highest BCUT2D eigenvalue weighted by Crippen LogP contribution is 2.22. The van der Waals surface area contributed by atoms with E-state index in [0.29, 0.717) is 29.8 Å². The molecule has 14 nitrogen and oxygen atoms in total. The molecule has 1 aliphatic heterocycles. The summed E-state index contributed by atoms with van der Waals surface area (Å²) in [6.45, 7) is 7.31. The van der Waals surface area contributed by atoms with Gasteiger partial charge in [-0.05, 0) is 60.9 Å². The number of carboxylic acids is 1. The number of primary amides is 1. The molecule has 14 heteroatoms. The van der Waals surface area contributed by atoms with Gasteiger partial charge in [0.1, 0.15) is 24.2 Å². The number of nitrogens with zero attached hydrogens (tertiary/aromatic N) is 3. The summed E-state index contributed by atoms with van der Waals surface area (Å²) >= 11 is 0. The summed E-state index contributed by atoms with van der Waals surface area (Å²) in [7, 11) is 0. The normalized spacial score (nSPS) is 16.4. The molecule has 1 saturated heterocycles. The van der Waals surface area contributed by atoms with Crippen molar-refractivity contribution in [3.05, 3.63) is 60.2 Å². The van der Waals surface area contributed by atoms with E-state index in [1.54, 1.807) is 52.0 Å². The first kappa shape index (κ1) is 37.3. The lowest BCUT2D eigenvalue weighted by Crippen LogP contribution is -2.59. The van der Waals surface area contributed by atoms with Gasteiger partial charge in [0.05, 0.1) is 17.8 Å². The van der Waals surface area contributed by atoms with E-state index in [9.17, 15) is 33.9 Å². The molecule has 0 spiro atoms. The highest BCUT2D eigenvalue weighted by molar-refractivity contribution is 5.95. The van der Waals surface area contributed by atoms with Crippen molar-refractivity contribution in [3.8, 4) is 0 Å². The van der Waals surface area contributed by atoms with Crippen LogP contribution in [0.15, 0.2) is 64.8 Å². The van der Waals surface area contributed by atoms with Gasteiger partial charge < -0.3 is 31.7 Å². The third kappa shape index (κ3) is 11.0. The number of nitrogens with one attached hydrogen (secondary N) is 3. The van der Waals surface area contributed by atoms with Crippen molar-refractivity contribution in [1.29, 1.82) is 0 Å². The number of hydrogen-bond acceptors (Lipinski definition) is 8. The van der Waals surface area contributed by atoms with Gasteiger partial charge in [0, 0.05) is 13.0 Å². The first-order valence-corrected chi connectivity index (χ1v) is 16.0. The van der Waals surface area contributed by atoms with Crippen LogP contribution in [0.4, 0.5) is 11.4 Å². The number of carbonyl (C=O) groups excluding carboxylic acids is 5. The molecule has 1 fully saturated rings. The number of amides is 5. The second-order valence-corrected chi connectivity index (χ2v) is 12.5. The van der Waals surface area contributed by atoms with Crippen LogP contribution < -0.4 is 21.7 Å². The van der Waals surface area contributed by atoms with Gasteiger partial charge in [-0.25, -0.2) is 4.79 Å². The molecule has 0 aromatic heterocycles. The van der Waals surface area contributed by atoms with Crippen molar-refractivity contribution in [1.82, 2.24) is 20.9 Å². The van der Waals surface area contributed by atoms with Gasteiger partial charge in [-0.15, -0.1) is 0 Å². The zero-order chi connectivity index (χ0) is 35.4. The van der Waals surface area contributed by atoms with Crippen molar-refractivity contribution in [3.63, 3.8) is 0 Å². The van der Waals surface area contributed by atoms with Crippen LogP contribution in [0.2, 0.25) is 0 Å². The molecule has 2 aromatic rings. The molecule has 48 heavy (non-hydrogen) atoms. The molecular formula is C34H45N7O7. The molecule has 258 valence electrons. The second kappa shape index (κ2) is 17.7. The minimum atomic E-state index is -1.35. The van der Waals surface area contributed by atoms with Gasteiger partial charge in [-0.3, -0.25) is 24.0 Å². The number of benzene rings is 2. The predicted octanol–water partition coefficient (Wildman–Crippen LogP) is 2.75. The number of aliphatic carboxylic acids is 1. The Bertz CT molecular complexity index is 1480. The lowest BCUT2D eigenvalue weighted by atomic mass is 9.98. The number of carbonyl (C=O) groups is 6. The Balaban J connectivity index is 1.63. The minimum Gasteiger partial charge on any atom is -0.480 e. The maximum absolute atomic E-state index is 13.7. The van der Waals surface area contributed by atoms with E-state index in [-0.39, 0.29) is 43.6 Å². The Morgan fingerprint density at radius 3 is 2.02 bits per heavy atom. The lowest BCUT2D eigenvalue weighted by molar-refractivity contribution is -0.145. The molecule has 4 atom stereocenters. The smallest absolute Gasteiger partial charge is 0.326 e. The Morgan fingerprint density at radius 2 is 1.46 bits per heavy atom. The Kier molecular flexibility index (Phi) is 13.8. The monoisotopic (exact) mass is 663 g/mol. The van der Waals surface area contributed by atoms with E-state index in [0.717, 1.165) is 0 Å². The Hall–Kier alpha value is -5.14. The first-order valence-electron chi connectivity index (χ1n) is 16.0. The quantitative estimate of drug-likeness (QED) is 0.169. The van der Waals surface area contributed by atoms with E-state index in [2.05, 4.69) is 26.2 Å². The summed E-state index contributed by atoms with van der Waals surface area (Å²) < 4.78 is 0. The largest absolute Gasteiger partial charge is 0.480 e. The predicted molar refractivity (Wildman–Crippen MR) is 177 cm³/mol. The van der Waals surface area contributed by atoms with Crippen molar-refractivity contribution in [2.24, 2.45) is 27.8 Å². The van der Waals surface area contributed by atoms with Crippen LogP contribution in [0, 0.1) is 11.8 Å². The standard InChI is InChI=1S/C34H45N7O7/c1-20(2)29(37-28(43)19-22-12-14-24(15-13-22)40-39-23-9-6-5-7-10-23)32(45)38-30(21(3)4)33(46)41-18-8-11-26(41)31(44)36-25(34(47)48)16-17-27(35)42/h5-7,9-10,12-15,20-21,25-26,29-30H,8,11,16-19H2,1-4H3,(H2,35,42)(H,36,44)(H,37,43)(H,38,45)(H,47,48)/t25-,26-,29-,30-/m0/s1. The van der Waals surface area contributed by atoms with Crippen LogP contribution in [0.3, 0.4) is 0 Å². The van der Waals surface area contributed by atoms with Gasteiger partial charge in [0.2, 0.25) is 29.5 Å². The molecule has 5 amide bonds. The fourth-order valence-corrected chi connectivity index (χ4v) is 5.29. The van der Waals surface area contributed by atoms with Crippen LogP contribution in [-0.4, -0.2) is 76.2 Å². The van der Waals surface area contributed by atoms with E-state index < -0.39 is 53.8 Å². The van der Waals surface area contributed by atoms with Crippen LogP contribution in [0.1, 0.15) is 58.9 Å². The zero-order valence-corrected chi connectivity index (χ0v) is 27.7. The fourth-order valence-electron chi connectivity index (χ4n) is 5.29. The average Bonchev–Trinajstić information content (AvgIpc) is 3.54. The lowest BCUT2D eigenvalue weighted by Gasteiger charge is -2.32. The molecule has 1 heterocycles. The molecule has 3 rings (SSSR count). The highest BCUT2D eigenvalue weighted by Gasteiger charge is 2.40. The summed E-state index contributed by atoms with van der Waals surface area (Å²) in [5.74, 6) is -4.77.